The predicted molar refractivity (Wildman–Crippen MR) is 124 cm³/mol. The number of carbonyl (C=O) groups excluding carboxylic acids is 2. The minimum absolute atomic E-state index is 0.0218. The summed E-state index contributed by atoms with van der Waals surface area (Å²) in [5.41, 5.74) is 0.0774. The highest BCUT2D eigenvalue weighted by atomic mass is 127. The highest BCUT2D eigenvalue weighted by molar-refractivity contribution is 14.1. The molecule has 0 fully saturated rings. The molecule has 0 amide bonds. The van der Waals surface area contributed by atoms with Gasteiger partial charge in [-0.25, -0.2) is 9.59 Å². The summed E-state index contributed by atoms with van der Waals surface area (Å²) in [6, 6.07) is 9.41. The molecule has 0 atom stereocenters. The van der Waals surface area contributed by atoms with E-state index < -0.39 is 17.4 Å². The summed E-state index contributed by atoms with van der Waals surface area (Å²) in [6.07, 6.45) is 0.674. The van der Waals surface area contributed by atoms with Gasteiger partial charge in [0.25, 0.3) is 0 Å². The molecule has 6 nitrogen and oxygen atoms in total. The second-order valence-electron chi connectivity index (χ2n) is 6.94. The average molecular weight is 622 g/mol. The lowest BCUT2D eigenvalue weighted by Crippen LogP contribution is -2.25. The topological polar surface area (TPSA) is 89.9 Å². The quantitative estimate of drug-likeness (QED) is 0.257. The fourth-order valence-electron chi connectivity index (χ4n) is 2.28. The van der Waals surface area contributed by atoms with Crippen LogP contribution in [0, 0.1) is 12.6 Å². The SMILES string of the molecule is CCC(C)(C)C(=O)OCc1cc(I)c(OC(=O)c2ccccc2C(=O)O)c(I)c1. The maximum atomic E-state index is 12.5. The Labute approximate surface area is 196 Å². The molecule has 2 rings (SSSR count). The highest BCUT2D eigenvalue weighted by Gasteiger charge is 2.27. The first-order valence-electron chi connectivity index (χ1n) is 8.76. The maximum Gasteiger partial charge on any atom is 0.344 e. The predicted octanol–water partition coefficient (Wildman–Crippen LogP) is 5.29. The largest absolute Gasteiger partial charge is 0.478 e. The monoisotopic (exact) mass is 622 g/mol. The van der Waals surface area contributed by atoms with Gasteiger partial charge in [0.05, 0.1) is 23.7 Å². The van der Waals surface area contributed by atoms with Crippen molar-refractivity contribution >= 4 is 63.1 Å². The fourth-order valence-corrected chi connectivity index (χ4v) is 4.39. The summed E-state index contributed by atoms with van der Waals surface area (Å²) in [7, 11) is 0. The Morgan fingerprint density at radius 1 is 1.03 bits per heavy atom. The van der Waals surface area contributed by atoms with Gasteiger partial charge in [0.2, 0.25) is 0 Å². The number of ether oxygens (including phenoxy) is 2. The summed E-state index contributed by atoms with van der Waals surface area (Å²) >= 11 is 4.06. The minimum atomic E-state index is -1.20. The van der Waals surface area contributed by atoms with Gasteiger partial charge in [0.1, 0.15) is 6.61 Å². The number of carboxylic acid groups (broad SMARTS) is 1. The van der Waals surface area contributed by atoms with Crippen LogP contribution in [0.2, 0.25) is 0 Å². The number of carbonyl (C=O) groups is 3. The van der Waals surface area contributed by atoms with Crippen LogP contribution in [0.3, 0.4) is 0 Å². The second kappa shape index (κ2) is 9.88. The summed E-state index contributed by atoms with van der Waals surface area (Å²) < 4.78 is 12.2. The molecule has 0 radical (unpaired) electrons. The minimum Gasteiger partial charge on any atom is -0.478 e. The normalized spacial score (nSPS) is 11.1. The zero-order chi connectivity index (χ0) is 21.8. The van der Waals surface area contributed by atoms with Crippen molar-refractivity contribution in [3.63, 3.8) is 0 Å². The van der Waals surface area contributed by atoms with E-state index in [1.165, 1.54) is 12.1 Å². The van der Waals surface area contributed by atoms with Gasteiger partial charge in [-0.3, -0.25) is 4.79 Å². The number of halogens is 2. The summed E-state index contributed by atoms with van der Waals surface area (Å²) in [4.78, 5) is 36.0. The molecule has 0 aromatic heterocycles. The van der Waals surface area contributed by atoms with E-state index in [0.29, 0.717) is 19.3 Å². The van der Waals surface area contributed by atoms with E-state index in [1.54, 1.807) is 24.3 Å². The molecule has 2 aromatic carbocycles. The lowest BCUT2D eigenvalue weighted by molar-refractivity contribution is -0.155. The number of esters is 2. The number of rotatable bonds is 7. The molecule has 154 valence electrons. The number of hydrogen-bond acceptors (Lipinski definition) is 5. The van der Waals surface area contributed by atoms with Crippen LogP contribution in [0.4, 0.5) is 0 Å². The van der Waals surface area contributed by atoms with Gasteiger partial charge in [-0.15, -0.1) is 0 Å². The van der Waals surface area contributed by atoms with Gasteiger partial charge in [0.15, 0.2) is 5.75 Å². The van der Waals surface area contributed by atoms with Gasteiger partial charge < -0.3 is 14.6 Å². The van der Waals surface area contributed by atoms with Crippen molar-refractivity contribution in [2.24, 2.45) is 5.41 Å². The molecule has 29 heavy (non-hydrogen) atoms. The molecule has 0 aliphatic rings. The van der Waals surface area contributed by atoms with E-state index in [4.69, 9.17) is 9.47 Å². The third kappa shape index (κ3) is 5.91. The zero-order valence-corrected chi connectivity index (χ0v) is 20.4. The Morgan fingerprint density at radius 2 is 1.59 bits per heavy atom. The van der Waals surface area contributed by atoms with Crippen LogP contribution in [0.15, 0.2) is 36.4 Å². The van der Waals surface area contributed by atoms with E-state index in [9.17, 15) is 19.5 Å². The Bertz CT molecular complexity index is 929. The third-order valence-corrected chi connectivity index (χ3v) is 6.04. The van der Waals surface area contributed by atoms with E-state index >= 15 is 0 Å². The molecule has 0 saturated heterocycles. The molecule has 0 heterocycles. The van der Waals surface area contributed by atoms with Crippen LogP contribution in [0.1, 0.15) is 53.5 Å². The first kappa shape index (κ1) is 23.6. The van der Waals surface area contributed by atoms with Crippen molar-refractivity contribution < 1.29 is 29.0 Å². The van der Waals surface area contributed by atoms with E-state index in [0.717, 1.165) is 5.56 Å². The van der Waals surface area contributed by atoms with Crippen molar-refractivity contribution in [3.8, 4) is 5.75 Å². The molecule has 1 N–H and O–H groups in total. The molecule has 0 unspecified atom stereocenters. The molecular weight excluding hydrogens is 602 g/mol. The van der Waals surface area contributed by atoms with Crippen molar-refractivity contribution in [2.45, 2.75) is 33.8 Å². The summed E-state index contributed by atoms with van der Waals surface area (Å²) in [5.74, 6) is -1.89. The fraction of sp³-hybridized carbons (Fsp3) is 0.286. The lowest BCUT2D eigenvalue weighted by Gasteiger charge is -2.20. The molecular formula is C21H20I2O6. The lowest BCUT2D eigenvalue weighted by atomic mass is 9.91. The highest BCUT2D eigenvalue weighted by Crippen LogP contribution is 2.31. The van der Waals surface area contributed by atoms with E-state index in [1.807, 2.05) is 66.0 Å². The Kier molecular flexibility index (Phi) is 8.03. The molecule has 0 saturated carbocycles. The Hall–Kier alpha value is -1.69. The standard InChI is InChI=1S/C21H20I2O6/c1-4-21(2,3)20(27)28-11-12-9-15(22)17(16(23)10-12)29-19(26)14-8-6-5-7-13(14)18(24)25/h5-10H,4,11H2,1-3H3,(H,24,25). The van der Waals surface area contributed by atoms with Crippen molar-refractivity contribution in [1.29, 1.82) is 0 Å². The molecule has 0 bridgehead atoms. The Morgan fingerprint density at radius 3 is 2.10 bits per heavy atom. The summed E-state index contributed by atoms with van der Waals surface area (Å²) in [5, 5.41) is 9.25. The number of hydrogen-bond donors (Lipinski definition) is 1. The molecule has 0 aliphatic heterocycles. The maximum absolute atomic E-state index is 12.5. The first-order valence-corrected chi connectivity index (χ1v) is 10.9. The molecule has 0 spiro atoms. The first-order chi connectivity index (χ1) is 13.6. The molecule has 0 aliphatic carbocycles. The van der Waals surface area contributed by atoms with Gasteiger partial charge in [-0.05, 0) is 95.3 Å². The smallest absolute Gasteiger partial charge is 0.344 e. The van der Waals surface area contributed by atoms with E-state index in [-0.39, 0.29) is 23.7 Å². The van der Waals surface area contributed by atoms with Crippen LogP contribution in [0.25, 0.3) is 0 Å². The van der Waals surface area contributed by atoms with Crippen molar-refractivity contribution in [2.75, 3.05) is 0 Å². The van der Waals surface area contributed by atoms with Gasteiger partial charge in [0, 0.05) is 0 Å². The molecule has 8 heteroatoms. The van der Waals surface area contributed by atoms with Crippen LogP contribution in [0.5, 0.6) is 5.75 Å². The summed E-state index contributed by atoms with van der Waals surface area (Å²) in [6.45, 7) is 5.71. The average Bonchev–Trinajstić information content (AvgIpc) is 2.68. The van der Waals surface area contributed by atoms with E-state index in [2.05, 4.69) is 0 Å². The number of aromatic carboxylic acids is 1. The van der Waals surface area contributed by atoms with Gasteiger partial charge in [-0.1, -0.05) is 19.1 Å². The Balaban J connectivity index is 2.19. The van der Waals surface area contributed by atoms with Crippen molar-refractivity contribution in [1.82, 2.24) is 0 Å². The number of benzene rings is 2. The second-order valence-corrected chi connectivity index (χ2v) is 9.27. The van der Waals surface area contributed by atoms with Gasteiger partial charge >= 0.3 is 17.9 Å². The molecule has 2 aromatic rings. The van der Waals surface area contributed by atoms with Crippen LogP contribution < -0.4 is 4.74 Å². The number of carboxylic acids is 1. The van der Waals surface area contributed by atoms with Crippen LogP contribution in [-0.4, -0.2) is 23.0 Å². The van der Waals surface area contributed by atoms with Crippen LogP contribution in [-0.2, 0) is 16.1 Å². The van der Waals surface area contributed by atoms with Crippen molar-refractivity contribution in [3.05, 3.63) is 60.2 Å². The van der Waals surface area contributed by atoms with Crippen LogP contribution >= 0.6 is 45.2 Å². The zero-order valence-electron chi connectivity index (χ0n) is 16.1. The van der Waals surface area contributed by atoms with Gasteiger partial charge in [-0.2, -0.15) is 0 Å². The third-order valence-electron chi connectivity index (χ3n) is 4.44.